The fourth-order valence-corrected chi connectivity index (χ4v) is 11.7. The second kappa shape index (κ2) is 10.3. The summed E-state index contributed by atoms with van der Waals surface area (Å²) >= 11 is 6.47. The summed E-state index contributed by atoms with van der Waals surface area (Å²) in [6.07, 6.45) is -1.03. The number of likely N-dealkylation sites (N-methyl/N-ethyl adjacent to an activating group) is 1. The van der Waals surface area contributed by atoms with Crippen molar-refractivity contribution in [1.82, 2.24) is 4.67 Å². The van der Waals surface area contributed by atoms with Crippen LogP contribution in [0, 0.1) is 6.92 Å². The lowest BCUT2D eigenvalue weighted by molar-refractivity contribution is -0.121. The highest BCUT2D eigenvalue weighted by Crippen LogP contribution is 2.63. The first-order chi connectivity index (χ1) is 17.9. The molecule has 0 bridgehead atoms. The third-order valence-electron chi connectivity index (χ3n) is 6.59. The Hall–Kier alpha value is -3.23. The Morgan fingerprint density at radius 3 is 1.73 bits per heavy atom. The minimum absolute atomic E-state index is 0.267. The van der Waals surface area contributed by atoms with Gasteiger partial charge in [0.25, 0.3) is 5.91 Å². The molecule has 1 amide bonds. The van der Waals surface area contributed by atoms with Gasteiger partial charge >= 0.3 is 0 Å². The SMILES string of the molecule is CCN1C(=O)C(P(=O)(c2ccccc2)c2ccccc2)=CN(c2ccc(C)cc2)P1(=S)c1ccccc1. The second-order valence-electron chi connectivity index (χ2n) is 8.88. The molecule has 5 rings (SSSR count). The Morgan fingerprint density at radius 1 is 0.757 bits per heavy atom. The van der Waals surface area contributed by atoms with Crippen LogP contribution in [0.2, 0.25) is 0 Å². The molecule has 0 spiro atoms. The highest BCUT2D eigenvalue weighted by Gasteiger charge is 2.47. The topological polar surface area (TPSA) is 40.6 Å². The predicted octanol–water partition coefficient (Wildman–Crippen LogP) is 6.15. The maximum atomic E-state index is 15.3. The van der Waals surface area contributed by atoms with Gasteiger partial charge in [0.15, 0.2) is 13.5 Å². The molecule has 1 aliphatic heterocycles. The molecule has 0 saturated carbocycles. The molecule has 1 heterocycles. The first-order valence-electron chi connectivity index (χ1n) is 12.2. The maximum Gasteiger partial charge on any atom is 0.264 e. The third kappa shape index (κ3) is 4.32. The molecule has 4 aromatic carbocycles. The molecule has 4 aromatic rings. The van der Waals surface area contributed by atoms with Gasteiger partial charge in [-0.15, -0.1) is 0 Å². The van der Waals surface area contributed by atoms with E-state index in [-0.39, 0.29) is 11.2 Å². The van der Waals surface area contributed by atoms with Crippen LogP contribution in [0.4, 0.5) is 5.69 Å². The van der Waals surface area contributed by atoms with E-state index in [1.54, 1.807) is 10.9 Å². The number of aryl methyl sites for hydroxylation is 1. The van der Waals surface area contributed by atoms with Crippen molar-refractivity contribution in [3.05, 3.63) is 132 Å². The smallest absolute Gasteiger partial charge is 0.264 e. The lowest BCUT2D eigenvalue weighted by atomic mass is 10.2. The zero-order valence-corrected chi connectivity index (χ0v) is 23.4. The number of benzene rings is 4. The lowest BCUT2D eigenvalue weighted by Gasteiger charge is -2.46. The molecule has 0 fully saturated rings. The number of hydrogen-bond donors (Lipinski definition) is 0. The molecule has 1 aliphatic rings. The van der Waals surface area contributed by atoms with Gasteiger partial charge < -0.3 is 4.57 Å². The van der Waals surface area contributed by atoms with Crippen molar-refractivity contribution in [3.8, 4) is 0 Å². The summed E-state index contributed by atoms with van der Waals surface area (Å²) in [6.45, 7) is 4.37. The molecule has 1 atom stereocenters. The minimum atomic E-state index is -3.52. The third-order valence-corrected chi connectivity index (χ3v) is 14.4. The number of anilines is 1. The molecular formula is C30H28N2O2P2S. The predicted molar refractivity (Wildman–Crippen MR) is 159 cm³/mol. The van der Waals surface area contributed by atoms with Gasteiger partial charge in [0.1, 0.15) is 5.31 Å². The van der Waals surface area contributed by atoms with Crippen LogP contribution in [0.5, 0.6) is 0 Å². The average molecular weight is 543 g/mol. The van der Waals surface area contributed by atoms with Crippen LogP contribution >= 0.6 is 13.5 Å². The summed E-state index contributed by atoms with van der Waals surface area (Å²) in [5.74, 6) is -0.269. The zero-order valence-electron chi connectivity index (χ0n) is 20.8. The van der Waals surface area contributed by atoms with E-state index < -0.39 is 13.5 Å². The summed E-state index contributed by atoms with van der Waals surface area (Å²) in [5.41, 5.74) is 1.99. The van der Waals surface area contributed by atoms with Gasteiger partial charge in [-0.25, -0.2) is 0 Å². The minimum Gasteiger partial charge on any atom is -0.308 e. The fourth-order valence-electron chi connectivity index (χ4n) is 4.69. The summed E-state index contributed by atoms with van der Waals surface area (Å²) in [7, 11) is -3.52. The average Bonchev–Trinajstić information content (AvgIpc) is 2.95. The van der Waals surface area contributed by atoms with Crippen molar-refractivity contribution in [2.24, 2.45) is 0 Å². The summed E-state index contributed by atoms with van der Waals surface area (Å²) in [5, 5.41) is 2.42. The van der Waals surface area contributed by atoms with Gasteiger partial charge in [-0.05, 0) is 37.8 Å². The van der Waals surface area contributed by atoms with Crippen molar-refractivity contribution < 1.29 is 9.36 Å². The molecule has 186 valence electrons. The van der Waals surface area contributed by atoms with Crippen LogP contribution in [0.3, 0.4) is 0 Å². The lowest BCUT2D eigenvalue weighted by Crippen LogP contribution is -2.44. The van der Waals surface area contributed by atoms with Gasteiger partial charge in [0.05, 0.1) is 0 Å². The Morgan fingerprint density at radius 2 is 1.24 bits per heavy atom. The quantitative estimate of drug-likeness (QED) is 0.274. The van der Waals surface area contributed by atoms with E-state index in [0.29, 0.717) is 17.2 Å². The second-order valence-corrected chi connectivity index (χ2v) is 15.7. The summed E-state index contributed by atoms with van der Waals surface area (Å²) in [6, 6.07) is 36.6. The van der Waals surface area contributed by atoms with Crippen molar-refractivity contribution in [2.45, 2.75) is 13.8 Å². The molecule has 0 aromatic heterocycles. The van der Waals surface area contributed by atoms with Gasteiger partial charge in [0, 0.05) is 34.3 Å². The van der Waals surface area contributed by atoms with Crippen molar-refractivity contribution in [2.75, 3.05) is 11.2 Å². The van der Waals surface area contributed by atoms with E-state index in [0.717, 1.165) is 16.6 Å². The molecule has 1 unspecified atom stereocenters. The molecule has 0 saturated heterocycles. The molecule has 37 heavy (non-hydrogen) atoms. The Bertz CT molecular complexity index is 1500. The van der Waals surface area contributed by atoms with Gasteiger partial charge in [-0.2, -0.15) is 0 Å². The van der Waals surface area contributed by atoms with Gasteiger partial charge in [-0.1, -0.05) is 109 Å². The van der Waals surface area contributed by atoms with E-state index in [4.69, 9.17) is 11.8 Å². The highest BCUT2D eigenvalue weighted by atomic mass is 32.4. The first kappa shape index (κ1) is 25.4. The van der Waals surface area contributed by atoms with Crippen LogP contribution in [0.15, 0.2) is 127 Å². The number of nitrogens with zero attached hydrogens (tertiary/aromatic N) is 2. The zero-order chi connectivity index (χ0) is 26.0. The van der Waals surface area contributed by atoms with Crippen LogP contribution in [-0.4, -0.2) is 17.1 Å². The largest absolute Gasteiger partial charge is 0.308 e. The molecule has 7 heteroatoms. The summed E-state index contributed by atoms with van der Waals surface area (Å²) < 4.78 is 19.1. The maximum absolute atomic E-state index is 15.3. The van der Waals surface area contributed by atoms with E-state index >= 15 is 4.57 Å². The van der Waals surface area contributed by atoms with Crippen molar-refractivity contribution >= 4 is 52.8 Å². The Kier molecular flexibility index (Phi) is 7.05. The molecule has 0 aliphatic carbocycles. The van der Waals surface area contributed by atoms with E-state index in [1.165, 1.54) is 0 Å². The van der Waals surface area contributed by atoms with Crippen molar-refractivity contribution in [1.29, 1.82) is 0 Å². The molecule has 0 radical (unpaired) electrons. The molecule has 0 N–H and O–H groups in total. The normalized spacial score (nSPS) is 18.0. The molecule has 4 nitrogen and oxygen atoms in total. The number of hydrogen-bond acceptors (Lipinski definition) is 3. The number of carbonyl (C=O) groups excluding carboxylic acids is 1. The monoisotopic (exact) mass is 542 g/mol. The van der Waals surface area contributed by atoms with Crippen LogP contribution in [0.25, 0.3) is 0 Å². The standard InChI is InChI=1S/C30H28N2O2P2S/c1-3-31-30(33)29(35(34,26-13-7-4-8-14-26)27-15-9-5-10-16-27)23-32(25-21-19-24(2)20-22-25)36(31,37)28-17-11-6-12-18-28/h4-23H,3H2,1-2H3. The van der Waals surface area contributed by atoms with Crippen LogP contribution in [0.1, 0.15) is 12.5 Å². The van der Waals surface area contributed by atoms with Gasteiger partial charge in [0.2, 0.25) is 0 Å². The number of carbonyl (C=O) groups is 1. The van der Waals surface area contributed by atoms with E-state index in [2.05, 4.69) is 0 Å². The highest BCUT2D eigenvalue weighted by molar-refractivity contribution is 8.18. The number of rotatable bonds is 6. The molecular weight excluding hydrogens is 514 g/mol. The van der Waals surface area contributed by atoms with E-state index in [9.17, 15) is 4.79 Å². The Balaban J connectivity index is 1.84. The first-order valence-corrected chi connectivity index (χ1v) is 16.6. The van der Waals surface area contributed by atoms with Gasteiger partial charge in [-0.3, -0.25) is 14.1 Å². The fraction of sp³-hybridized carbons (Fsp3) is 0.100. The van der Waals surface area contributed by atoms with Crippen molar-refractivity contribution in [3.63, 3.8) is 0 Å². The Labute approximate surface area is 223 Å². The number of amides is 1. The van der Waals surface area contributed by atoms with Crippen LogP contribution < -0.4 is 20.6 Å². The van der Waals surface area contributed by atoms with Crippen LogP contribution in [-0.2, 0) is 21.2 Å². The summed E-state index contributed by atoms with van der Waals surface area (Å²) in [4.78, 5) is 14.4. The van der Waals surface area contributed by atoms with E-state index in [1.807, 2.05) is 134 Å².